The number of alkyl halides is 3. The van der Waals surface area contributed by atoms with E-state index in [1.54, 1.807) is 5.38 Å². The van der Waals surface area contributed by atoms with Gasteiger partial charge >= 0.3 is 12.1 Å². The monoisotopic (exact) mass is 274 g/mol. The lowest BCUT2D eigenvalue weighted by Gasteiger charge is -2.07. The zero-order valence-corrected chi connectivity index (χ0v) is 10.1. The molecule has 0 amide bonds. The Morgan fingerprint density at radius 2 is 2.06 bits per heavy atom. The van der Waals surface area contributed by atoms with Crippen molar-refractivity contribution in [2.45, 2.75) is 19.0 Å². The number of carbonyl (C=O) groups is 1. The molecule has 6 heteroatoms. The Balaban J connectivity index is 2.54. The number of rotatable bonds is 2. The van der Waals surface area contributed by atoms with Crippen LogP contribution in [0.4, 0.5) is 13.2 Å². The second-order valence-electron chi connectivity index (χ2n) is 3.96. The summed E-state index contributed by atoms with van der Waals surface area (Å²) in [5.74, 6) is -1.72. The molecule has 1 atom stereocenters. The van der Waals surface area contributed by atoms with E-state index in [0.717, 1.165) is 23.5 Å². The number of thiophene rings is 1. The van der Waals surface area contributed by atoms with Crippen molar-refractivity contribution in [2.75, 3.05) is 0 Å². The summed E-state index contributed by atoms with van der Waals surface area (Å²) >= 11 is 1.13. The second-order valence-corrected chi connectivity index (χ2v) is 4.87. The summed E-state index contributed by atoms with van der Waals surface area (Å²) in [6, 6.07) is 3.37. The van der Waals surface area contributed by atoms with Crippen LogP contribution < -0.4 is 0 Å². The first-order chi connectivity index (χ1) is 8.30. The highest BCUT2D eigenvalue weighted by molar-refractivity contribution is 7.17. The Hall–Kier alpha value is -1.56. The highest BCUT2D eigenvalue weighted by atomic mass is 32.1. The summed E-state index contributed by atoms with van der Waals surface area (Å²) in [7, 11) is 0. The molecule has 0 spiro atoms. The summed E-state index contributed by atoms with van der Waals surface area (Å²) in [5, 5.41) is 11.1. The Kier molecular flexibility index (Phi) is 3.06. The Morgan fingerprint density at radius 1 is 1.39 bits per heavy atom. The summed E-state index contributed by atoms with van der Waals surface area (Å²) in [6.45, 7) is 1.52. The van der Waals surface area contributed by atoms with E-state index in [0.29, 0.717) is 15.6 Å². The molecule has 0 aliphatic carbocycles. The number of aliphatic carboxylic acids is 1. The van der Waals surface area contributed by atoms with Crippen molar-refractivity contribution >= 4 is 27.4 Å². The molecule has 0 saturated carbocycles. The largest absolute Gasteiger partial charge is 0.481 e. The molecule has 1 N–H and O–H groups in total. The first-order valence-electron chi connectivity index (χ1n) is 5.12. The number of hydrogen-bond donors (Lipinski definition) is 1. The van der Waals surface area contributed by atoms with Crippen LogP contribution in [0.1, 0.15) is 24.0 Å². The molecule has 0 fully saturated rings. The first kappa shape index (κ1) is 12.9. The summed E-state index contributed by atoms with van der Waals surface area (Å²) in [4.78, 5) is 10.9. The van der Waals surface area contributed by atoms with Crippen molar-refractivity contribution in [2.24, 2.45) is 0 Å². The van der Waals surface area contributed by atoms with Gasteiger partial charge in [-0.25, -0.2) is 0 Å². The highest BCUT2D eigenvalue weighted by Crippen LogP contribution is 2.36. The van der Waals surface area contributed by atoms with Gasteiger partial charge in [-0.2, -0.15) is 13.2 Å². The zero-order valence-electron chi connectivity index (χ0n) is 9.28. The molecule has 2 nitrogen and oxygen atoms in total. The lowest BCUT2D eigenvalue weighted by atomic mass is 10.00. The van der Waals surface area contributed by atoms with Gasteiger partial charge in [0, 0.05) is 4.70 Å². The molecular weight excluding hydrogens is 265 g/mol. The van der Waals surface area contributed by atoms with E-state index in [-0.39, 0.29) is 0 Å². The maximum atomic E-state index is 12.5. The average molecular weight is 274 g/mol. The normalized spacial score (nSPS) is 13.8. The van der Waals surface area contributed by atoms with Crippen LogP contribution in [0.2, 0.25) is 0 Å². The quantitative estimate of drug-likeness (QED) is 0.894. The number of benzene rings is 1. The number of hydrogen-bond acceptors (Lipinski definition) is 2. The van der Waals surface area contributed by atoms with Crippen molar-refractivity contribution in [3.63, 3.8) is 0 Å². The molecule has 96 valence electrons. The third kappa shape index (κ3) is 2.20. The van der Waals surface area contributed by atoms with Crippen LogP contribution in [-0.2, 0) is 11.0 Å². The van der Waals surface area contributed by atoms with Gasteiger partial charge in [-0.3, -0.25) is 4.79 Å². The fourth-order valence-corrected chi connectivity index (χ4v) is 2.79. The molecule has 0 bridgehead atoms. The van der Waals surface area contributed by atoms with Crippen LogP contribution >= 0.6 is 11.3 Å². The topological polar surface area (TPSA) is 37.3 Å². The van der Waals surface area contributed by atoms with Gasteiger partial charge in [-0.1, -0.05) is 6.07 Å². The fourth-order valence-electron chi connectivity index (χ4n) is 1.69. The lowest BCUT2D eigenvalue weighted by molar-refractivity contribution is -0.138. The van der Waals surface area contributed by atoms with Gasteiger partial charge < -0.3 is 5.11 Å². The van der Waals surface area contributed by atoms with Crippen LogP contribution in [0, 0.1) is 0 Å². The number of carboxylic acid groups (broad SMARTS) is 1. The molecule has 0 saturated heterocycles. The minimum atomic E-state index is -4.38. The molecule has 1 aromatic carbocycles. The van der Waals surface area contributed by atoms with Gasteiger partial charge in [0.1, 0.15) is 0 Å². The predicted octanol–water partition coefficient (Wildman–Crippen LogP) is 4.11. The van der Waals surface area contributed by atoms with Gasteiger partial charge in [-0.05, 0) is 35.4 Å². The molecule has 18 heavy (non-hydrogen) atoms. The highest BCUT2D eigenvalue weighted by Gasteiger charge is 2.31. The van der Waals surface area contributed by atoms with Gasteiger partial charge in [0.2, 0.25) is 0 Å². The van der Waals surface area contributed by atoms with Crippen LogP contribution in [0.5, 0.6) is 0 Å². The molecule has 2 aromatic rings. The summed E-state index contributed by atoms with van der Waals surface area (Å²) in [6.07, 6.45) is -4.38. The first-order valence-corrected chi connectivity index (χ1v) is 6.00. The van der Waals surface area contributed by atoms with Gasteiger partial charge in [0.15, 0.2) is 0 Å². The number of halogens is 3. The average Bonchev–Trinajstić information content (AvgIpc) is 2.69. The van der Waals surface area contributed by atoms with Crippen molar-refractivity contribution in [3.8, 4) is 0 Å². The number of carboxylic acids is 1. The molecule has 0 aliphatic heterocycles. The van der Waals surface area contributed by atoms with Gasteiger partial charge in [0.05, 0.1) is 11.5 Å². The molecule has 1 heterocycles. The van der Waals surface area contributed by atoms with Gasteiger partial charge in [-0.15, -0.1) is 11.3 Å². The molecular formula is C12H9F3O2S. The zero-order chi connectivity index (χ0) is 13.5. The fraction of sp³-hybridized carbons (Fsp3) is 0.250. The van der Waals surface area contributed by atoms with E-state index in [2.05, 4.69) is 0 Å². The standard InChI is InChI=1S/C12H9F3O2S/c1-6(11(16)17)9-5-18-10-4-7(12(13,14)15)2-3-8(9)10/h2-6H,1H3,(H,16,17). The third-order valence-electron chi connectivity index (χ3n) is 2.77. The Bertz CT molecular complexity index is 601. The van der Waals surface area contributed by atoms with Crippen molar-refractivity contribution in [3.05, 3.63) is 34.7 Å². The molecule has 2 rings (SSSR count). The van der Waals surface area contributed by atoms with E-state index < -0.39 is 23.6 Å². The summed E-state index contributed by atoms with van der Waals surface area (Å²) < 4.78 is 38.0. The van der Waals surface area contributed by atoms with Crippen LogP contribution in [0.25, 0.3) is 10.1 Å². The molecule has 1 aromatic heterocycles. The van der Waals surface area contributed by atoms with E-state index in [4.69, 9.17) is 5.11 Å². The minimum absolute atomic E-state index is 0.452. The van der Waals surface area contributed by atoms with E-state index in [1.807, 2.05) is 0 Å². The van der Waals surface area contributed by atoms with Gasteiger partial charge in [0.25, 0.3) is 0 Å². The molecule has 0 aliphatic rings. The van der Waals surface area contributed by atoms with Crippen LogP contribution in [0.3, 0.4) is 0 Å². The Labute approximate surface area is 105 Å². The third-order valence-corrected chi connectivity index (χ3v) is 3.73. The predicted molar refractivity (Wildman–Crippen MR) is 62.9 cm³/mol. The minimum Gasteiger partial charge on any atom is -0.481 e. The molecule has 1 unspecified atom stereocenters. The smallest absolute Gasteiger partial charge is 0.416 e. The van der Waals surface area contributed by atoms with Crippen LogP contribution in [0.15, 0.2) is 23.6 Å². The molecule has 0 radical (unpaired) electrons. The number of fused-ring (bicyclic) bond motifs is 1. The van der Waals surface area contributed by atoms with Crippen molar-refractivity contribution < 1.29 is 23.1 Å². The van der Waals surface area contributed by atoms with Crippen LogP contribution in [-0.4, -0.2) is 11.1 Å². The lowest BCUT2D eigenvalue weighted by Crippen LogP contribution is -2.07. The van der Waals surface area contributed by atoms with Crippen molar-refractivity contribution in [1.82, 2.24) is 0 Å². The van der Waals surface area contributed by atoms with E-state index >= 15 is 0 Å². The maximum Gasteiger partial charge on any atom is 0.416 e. The van der Waals surface area contributed by atoms with E-state index in [1.165, 1.54) is 13.0 Å². The van der Waals surface area contributed by atoms with E-state index in [9.17, 15) is 18.0 Å². The van der Waals surface area contributed by atoms with Crippen molar-refractivity contribution in [1.29, 1.82) is 0 Å². The SMILES string of the molecule is CC(C(=O)O)c1csc2cc(C(F)(F)F)ccc12. The summed E-state index contributed by atoms with van der Waals surface area (Å²) in [5.41, 5.74) is -0.164. The maximum absolute atomic E-state index is 12.5. The second kappa shape index (κ2) is 4.28. The Morgan fingerprint density at radius 3 is 2.61 bits per heavy atom.